The van der Waals surface area contributed by atoms with Crippen LogP contribution in [0.3, 0.4) is 0 Å². The number of unbranched alkanes of at least 4 members (excludes halogenated alkanes) is 1. The third-order valence-electron chi connectivity index (χ3n) is 3.90. The summed E-state index contributed by atoms with van der Waals surface area (Å²) in [6.07, 6.45) is 2.10. The van der Waals surface area contributed by atoms with E-state index < -0.39 is 0 Å². The van der Waals surface area contributed by atoms with Gasteiger partial charge in [-0.1, -0.05) is 25.5 Å². The Balaban J connectivity index is 1.52. The van der Waals surface area contributed by atoms with Crippen LogP contribution in [-0.2, 0) is 4.79 Å². The molecule has 1 N–H and O–H groups in total. The summed E-state index contributed by atoms with van der Waals surface area (Å²) in [6, 6.07) is 14.8. The average Bonchev–Trinajstić information content (AvgIpc) is 3.16. The van der Waals surface area contributed by atoms with Gasteiger partial charge in [-0.2, -0.15) is 4.98 Å². The Labute approximate surface area is 163 Å². The van der Waals surface area contributed by atoms with Gasteiger partial charge in [-0.15, -0.1) is 0 Å². The first-order valence-corrected chi connectivity index (χ1v) is 9.20. The van der Waals surface area contributed by atoms with E-state index in [2.05, 4.69) is 22.4 Å². The van der Waals surface area contributed by atoms with Crippen molar-refractivity contribution in [2.45, 2.75) is 26.7 Å². The molecular formula is C21H23N3O4. The maximum Gasteiger partial charge on any atom is 0.270 e. The van der Waals surface area contributed by atoms with Crippen LogP contribution in [0.1, 0.15) is 25.3 Å². The first kappa shape index (κ1) is 19.4. The van der Waals surface area contributed by atoms with Crippen LogP contribution < -0.4 is 14.8 Å². The van der Waals surface area contributed by atoms with Crippen LogP contribution in [0.2, 0.25) is 0 Å². The van der Waals surface area contributed by atoms with Crippen LogP contribution in [0.4, 0.5) is 5.95 Å². The molecule has 0 radical (unpaired) electrons. The van der Waals surface area contributed by atoms with E-state index in [4.69, 9.17) is 14.0 Å². The van der Waals surface area contributed by atoms with Gasteiger partial charge in [0.25, 0.3) is 17.7 Å². The monoisotopic (exact) mass is 381 g/mol. The molecule has 0 fully saturated rings. The summed E-state index contributed by atoms with van der Waals surface area (Å²) in [6.45, 7) is 4.62. The molecular weight excluding hydrogens is 358 g/mol. The first-order chi connectivity index (χ1) is 13.6. The highest BCUT2D eigenvalue weighted by atomic mass is 16.5. The van der Waals surface area contributed by atoms with Crippen LogP contribution in [0.25, 0.3) is 11.5 Å². The zero-order valence-corrected chi connectivity index (χ0v) is 16.0. The van der Waals surface area contributed by atoms with Crippen molar-refractivity contribution >= 4 is 11.9 Å². The van der Waals surface area contributed by atoms with E-state index in [1.807, 2.05) is 49.4 Å². The maximum atomic E-state index is 12.0. The van der Waals surface area contributed by atoms with E-state index in [0.29, 0.717) is 18.2 Å². The number of anilines is 1. The fourth-order valence-corrected chi connectivity index (χ4v) is 2.43. The lowest BCUT2D eigenvalue weighted by molar-refractivity contribution is -0.118. The number of nitrogens with one attached hydrogen (secondary N) is 1. The minimum atomic E-state index is -0.367. The van der Waals surface area contributed by atoms with Gasteiger partial charge in [-0.3, -0.25) is 10.1 Å². The van der Waals surface area contributed by atoms with Crippen LogP contribution in [-0.4, -0.2) is 29.3 Å². The summed E-state index contributed by atoms with van der Waals surface area (Å²) < 4.78 is 16.3. The summed E-state index contributed by atoms with van der Waals surface area (Å²) in [5.74, 6) is 1.46. The van der Waals surface area contributed by atoms with Crippen LogP contribution >= 0.6 is 0 Å². The normalized spacial score (nSPS) is 10.5. The topological polar surface area (TPSA) is 86.5 Å². The second-order valence-electron chi connectivity index (χ2n) is 6.30. The number of benzene rings is 2. The van der Waals surface area contributed by atoms with Gasteiger partial charge in [0.2, 0.25) is 0 Å². The summed E-state index contributed by atoms with van der Waals surface area (Å²) >= 11 is 0. The highest BCUT2D eigenvalue weighted by molar-refractivity contribution is 5.90. The smallest absolute Gasteiger partial charge is 0.270 e. The third-order valence-corrected chi connectivity index (χ3v) is 3.90. The minimum absolute atomic E-state index is 0.0936. The Morgan fingerprint density at radius 1 is 1.11 bits per heavy atom. The second-order valence-corrected chi connectivity index (χ2v) is 6.30. The van der Waals surface area contributed by atoms with Gasteiger partial charge in [0.05, 0.1) is 6.61 Å². The summed E-state index contributed by atoms with van der Waals surface area (Å²) in [5.41, 5.74) is 1.80. The lowest BCUT2D eigenvalue weighted by Gasteiger charge is -2.05. The van der Waals surface area contributed by atoms with Crippen molar-refractivity contribution in [3.8, 4) is 23.0 Å². The van der Waals surface area contributed by atoms with Crippen molar-refractivity contribution in [3.05, 3.63) is 54.1 Å². The first-order valence-electron chi connectivity index (χ1n) is 9.20. The average molecular weight is 381 g/mol. The Hall–Kier alpha value is -3.35. The molecule has 2 aromatic carbocycles. The van der Waals surface area contributed by atoms with Gasteiger partial charge in [0.1, 0.15) is 11.5 Å². The molecule has 1 amide bonds. The number of carbonyl (C=O) groups is 1. The molecule has 0 bridgehead atoms. The van der Waals surface area contributed by atoms with Crippen molar-refractivity contribution in [1.82, 2.24) is 10.1 Å². The van der Waals surface area contributed by atoms with E-state index >= 15 is 0 Å². The molecule has 0 atom stereocenters. The molecule has 7 heteroatoms. The number of aromatic nitrogens is 2. The molecule has 0 aliphatic carbocycles. The predicted octanol–water partition coefficient (Wildman–Crippen LogP) is 4.24. The quantitative estimate of drug-likeness (QED) is 0.558. The fraction of sp³-hybridized carbons (Fsp3) is 0.286. The Morgan fingerprint density at radius 3 is 2.68 bits per heavy atom. The highest BCUT2D eigenvalue weighted by Crippen LogP contribution is 2.22. The Bertz CT molecular complexity index is 906. The van der Waals surface area contributed by atoms with Gasteiger partial charge in [0.15, 0.2) is 6.61 Å². The molecule has 0 saturated heterocycles. The zero-order valence-electron chi connectivity index (χ0n) is 16.0. The SMILES string of the molecule is CCCCOc1ccc(-c2nc(NC(=O)COc3cccc(C)c3)no2)cc1. The van der Waals surface area contributed by atoms with Crippen molar-refractivity contribution in [1.29, 1.82) is 0 Å². The molecule has 0 unspecified atom stereocenters. The third kappa shape index (κ3) is 5.57. The Kier molecular flexibility index (Phi) is 6.62. The summed E-state index contributed by atoms with van der Waals surface area (Å²) in [4.78, 5) is 16.2. The summed E-state index contributed by atoms with van der Waals surface area (Å²) in [7, 11) is 0. The second kappa shape index (κ2) is 9.55. The van der Waals surface area contributed by atoms with Crippen molar-refractivity contribution in [2.75, 3.05) is 18.5 Å². The largest absolute Gasteiger partial charge is 0.494 e. The van der Waals surface area contributed by atoms with Crippen LogP contribution in [0, 0.1) is 6.92 Å². The predicted molar refractivity (Wildman–Crippen MR) is 105 cm³/mol. The molecule has 0 aliphatic rings. The van der Waals surface area contributed by atoms with Gasteiger partial charge < -0.3 is 14.0 Å². The number of hydrogen-bond donors (Lipinski definition) is 1. The van der Waals surface area contributed by atoms with E-state index in [9.17, 15) is 4.79 Å². The fourth-order valence-electron chi connectivity index (χ4n) is 2.43. The molecule has 7 nitrogen and oxygen atoms in total. The van der Waals surface area contributed by atoms with Gasteiger partial charge in [-0.05, 0) is 60.5 Å². The summed E-state index contributed by atoms with van der Waals surface area (Å²) in [5, 5.41) is 6.34. The van der Waals surface area contributed by atoms with E-state index in [-0.39, 0.29) is 18.5 Å². The van der Waals surface area contributed by atoms with Crippen molar-refractivity contribution in [2.24, 2.45) is 0 Å². The number of aryl methyl sites for hydroxylation is 1. The molecule has 1 heterocycles. The highest BCUT2D eigenvalue weighted by Gasteiger charge is 2.12. The number of amides is 1. The van der Waals surface area contributed by atoms with E-state index in [1.165, 1.54) is 0 Å². The van der Waals surface area contributed by atoms with Gasteiger partial charge >= 0.3 is 0 Å². The number of ether oxygens (including phenoxy) is 2. The molecule has 0 saturated carbocycles. The molecule has 3 rings (SSSR count). The van der Waals surface area contributed by atoms with Crippen molar-refractivity contribution < 1.29 is 18.8 Å². The number of nitrogens with zero attached hydrogens (tertiary/aromatic N) is 2. The van der Waals surface area contributed by atoms with Crippen LogP contribution in [0.15, 0.2) is 53.1 Å². The van der Waals surface area contributed by atoms with E-state index in [1.54, 1.807) is 6.07 Å². The van der Waals surface area contributed by atoms with Gasteiger partial charge in [-0.25, -0.2) is 0 Å². The molecule has 0 aliphatic heterocycles. The number of carbonyl (C=O) groups excluding carboxylic acids is 1. The molecule has 146 valence electrons. The lowest BCUT2D eigenvalue weighted by Crippen LogP contribution is -2.20. The molecule has 0 spiro atoms. The lowest BCUT2D eigenvalue weighted by atomic mass is 10.2. The van der Waals surface area contributed by atoms with Gasteiger partial charge in [0, 0.05) is 5.56 Å². The van der Waals surface area contributed by atoms with Crippen LogP contribution in [0.5, 0.6) is 11.5 Å². The molecule has 28 heavy (non-hydrogen) atoms. The standard InChI is InChI=1S/C21H23N3O4/c1-3-4-12-26-17-10-8-16(9-11-17)20-23-21(24-28-20)22-19(25)14-27-18-7-5-6-15(2)13-18/h5-11,13H,3-4,12,14H2,1-2H3,(H,22,24,25). The van der Waals surface area contributed by atoms with E-state index in [0.717, 1.165) is 29.7 Å². The number of rotatable bonds is 9. The minimum Gasteiger partial charge on any atom is -0.494 e. The maximum absolute atomic E-state index is 12.0. The molecule has 3 aromatic rings. The molecule has 1 aromatic heterocycles. The van der Waals surface area contributed by atoms with Crippen molar-refractivity contribution in [3.63, 3.8) is 0 Å². The number of hydrogen-bond acceptors (Lipinski definition) is 6. The Morgan fingerprint density at radius 2 is 1.93 bits per heavy atom. The zero-order chi connectivity index (χ0) is 19.8.